The fourth-order valence-corrected chi connectivity index (χ4v) is 1.43. The number of rotatable bonds is 4. The Morgan fingerprint density at radius 1 is 1.21 bits per heavy atom. The van der Waals surface area contributed by atoms with E-state index < -0.39 is 0 Å². The highest BCUT2D eigenvalue weighted by Gasteiger charge is 1.92. The fraction of sp³-hybridized carbons (Fsp3) is 0.333. The zero-order valence-corrected chi connectivity index (χ0v) is 10.3. The highest BCUT2D eigenvalue weighted by atomic mass is 79.9. The quantitative estimate of drug-likeness (QED) is 0.743. The van der Waals surface area contributed by atoms with E-state index in [1.807, 2.05) is 0 Å². The first-order valence-corrected chi connectivity index (χ1v) is 5.86. The van der Waals surface area contributed by atoms with Gasteiger partial charge in [0.25, 0.3) is 0 Å². The number of hydrogen-bond acceptors (Lipinski definition) is 1. The third kappa shape index (κ3) is 3.54. The minimum Gasteiger partial charge on any atom is -0.378 e. The second-order valence-corrected chi connectivity index (χ2v) is 4.16. The predicted molar refractivity (Wildman–Crippen MR) is 68.2 cm³/mol. The maximum Gasteiger partial charge on any atom is 0.0361 e. The Kier molecular flexibility index (Phi) is 4.74. The van der Waals surface area contributed by atoms with Crippen molar-refractivity contribution in [3.05, 3.63) is 35.9 Å². The minimum absolute atomic E-state index is 1.03. The predicted octanol–water partition coefficient (Wildman–Crippen LogP) is 3.55. The summed E-state index contributed by atoms with van der Waals surface area (Å²) in [4.78, 5) is 2.10. The minimum atomic E-state index is 1.03. The molecule has 1 rings (SSSR count). The lowest BCUT2D eigenvalue weighted by molar-refractivity contribution is 1.13. The Bertz CT molecular complexity index is 288. The van der Waals surface area contributed by atoms with Crippen LogP contribution in [-0.2, 0) is 0 Å². The van der Waals surface area contributed by atoms with Crippen LogP contribution in [0.25, 0.3) is 6.08 Å². The summed E-state index contributed by atoms with van der Waals surface area (Å²) in [7, 11) is 4.10. The van der Waals surface area contributed by atoms with E-state index in [2.05, 4.69) is 71.3 Å². The van der Waals surface area contributed by atoms with Crippen molar-refractivity contribution in [1.82, 2.24) is 0 Å². The summed E-state index contributed by atoms with van der Waals surface area (Å²) in [6.45, 7) is 0. The van der Waals surface area contributed by atoms with Crippen LogP contribution in [0.15, 0.2) is 30.3 Å². The Morgan fingerprint density at radius 3 is 2.36 bits per heavy atom. The molecule has 2 heteroatoms. The molecule has 0 aliphatic rings. The number of alkyl halides is 1. The summed E-state index contributed by atoms with van der Waals surface area (Å²) >= 11 is 3.40. The zero-order valence-electron chi connectivity index (χ0n) is 8.70. The Labute approximate surface area is 94.6 Å². The van der Waals surface area contributed by atoms with Gasteiger partial charge >= 0.3 is 0 Å². The summed E-state index contributed by atoms with van der Waals surface area (Å²) < 4.78 is 0. The molecule has 0 amide bonds. The first kappa shape index (κ1) is 11.3. The van der Waals surface area contributed by atoms with Crippen molar-refractivity contribution in [2.24, 2.45) is 0 Å². The molecule has 0 unspecified atom stereocenters. The molecule has 14 heavy (non-hydrogen) atoms. The molecule has 0 heterocycles. The maximum absolute atomic E-state index is 3.40. The summed E-state index contributed by atoms with van der Waals surface area (Å²) in [5.41, 5.74) is 2.50. The van der Waals surface area contributed by atoms with E-state index in [0.29, 0.717) is 0 Å². The highest BCUT2D eigenvalue weighted by molar-refractivity contribution is 9.09. The second-order valence-electron chi connectivity index (χ2n) is 3.37. The summed E-state index contributed by atoms with van der Waals surface area (Å²) in [5.74, 6) is 0. The normalized spacial score (nSPS) is 10.8. The van der Waals surface area contributed by atoms with Gasteiger partial charge in [-0.1, -0.05) is 40.2 Å². The molecule has 0 N–H and O–H groups in total. The van der Waals surface area contributed by atoms with Gasteiger partial charge in [0.15, 0.2) is 0 Å². The highest BCUT2D eigenvalue weighted by Crippen LogP contribution is 2.13. The van der Waals surface area contributed by atoms with Gasteiger partial charge in [0, 0.05) is 25.1 Å². The first-order valence-electron chi connectivity index (χ1n) is 4.74. The van der Waals surface area contributed by atoms with Crippen LogP contribution in [0.4, 0.5) is 5.69 Å². The molecule has 1 aromatic carbocycles. The number of benzene rings is 1. The average molecular weight is 254 g/mol. The van der Waals surface area contributed by atoms with Gasteiger partial charge in [-0.2, -0.15) is 0 Å². The van der Waals surface area contributed by atoms with Crippen molar-refractivity contribution < 1.29 is 0 Å². The van der Waals surface area contributed by atoms with Gasteiger partial charge in [0.1, 0.15) is 0 Å². The molecule has 0 radical (unpaired) electrons. The van der Waals surface area contributed by atoms with Gasteiger partial charge < -0.3 is 4.90 Å². The van der Waals surface area contributed by atoms with Gasteiger partial charge in [-0.15, -0.1) is 0 Å². The molecule has 0 atom stereocenters. The van der Waals surface area contributed by atoms with Crippen LogP contribution in [0.3, 0.4) is 0 Å². The summed E-state index contributed by atoms with van der Waals surface area (Å²) in [6, 6.07) is 8.54. The molecule has 0 aliphatic carbocycles. The maximum atomic E-state index is 3.40. The lowest BCUT2D eigenvalue weighted by Gasteiger charge is -2.11. The van der Waals surface area contributed by atoms with Gasteiger partial charge in [-0.25, -0.2) is 0 Å². The van der Waals surface area contributed by atoms with Crippen molar-refractivity contribution >= 4 is 27.7 Å². The molecule has 0 saturated carbocycles. The number of nitrogens with zero attached hydrogens (tertiary/aromatic N) is 1. The number of allylic oxidation sites excluding steroid dienone is 1. The van der Waals surface area contributed by atoms with E-state index in [9.17, 15) is 0 Å². The lowest BCUT2D eigenvalue weighted by Crippen LogP contribution is -2.07. The molecule has 1 aromatic rings. The Balaban J connectivity index is 2.64. The van der Waals surface area contributed by atoms with Crippen molar-refractivity contribution in [3.8, 4) is 0 Å². The first-order chi connectivity index (χ1) is 6.74. The van der Waals surface area contributed by atoms with E-state index in [4.69, 9.17) is 0 Å². The van der Waals surface area contributed by atoms with Gasteiger partial charge in [-0.3, -0.25) is 0 Å². The fourth-order valence-electron chi connectivity index (χ4n) is 1.17. The molecule has 76 valence electrons. The molecule has 1 nitrogen and oxygen atoms in total. The van der Waals surface area contributed by atoms with E-state index in [-0.39, 0.29) is 0 Å². The van der Waals surface area contributed by atoms with E-state index in [1.165, 1.54) is 11.3 Å². The number of halogens is 1. The number of anilines is 1. The van der Waals surface area contributed by atoms with Crippen LogP contribution in [0.2, 0.25) is 0 Å². The van der Waals surface area contributed by atoms with Crippen LogP contribution in [0.5, 0.6) is 0 Å². The van der Waals surface area contributed by atoms with Gasteiger partial charge in [-0.05, 0) is 24.1 Å². The average Bonchev–Trinajstić information content (AvgIpc) is 2.19. The van der Waals surface area contributed by atoms with Crippen molar-refractivity contribution in [2.45, 2.75) is 6.42 Å². The smallest absolute Gasteiger partial charge is 0.0361 e. The standard InChI is InChI=1S/C12H16BrN/c1-14(2)12-8-6-11(7-9-12)5-3-4-10-13/h3,5-9H,4,10H2,1-2H3. The van der Waals surface area contributed by atoms with Crippen molar-refractivity contribution in [2.75, 3.05) is 24.3 Å². The third-order valence-electron chi connectivity index (χ3n) is 2.00. The summed E-state index contributed by atoms with van der Waals surface area (Å²) in [5, 5.41) is 1.03. The van der Waals surface area contributed by atoms with Gasteiger partial charge in [0.2, 0.25) is 0 Å². The van der Waals surface area contributed by atoms with Crippen LogP contribution in [0, 0.1) is 0 Å². The monoisotopic (exact) mass is 253 g/mol. The molecule has 0 saturated heterocycles. The lowest BCUT2D eigenvalue weighted by atomic mass is 10.2. The van der Waals surface area contributed by atoms with Crippen LogP contribution >= 0.6 is 15.9 Å². The van der Waals surface area contributed by atoms with Crippen LogP contribution in [0.1, 0.15) is 12.0 Å². The molecular weight excluding hydrogens is 238 g/mol. The molecule has 0 bridgehead atoms. The van der Waals surface area contributed by atoms with Crippen molar-refractivity contribution in [3.63, 3.8) is 0 Å². The second kappa shape index (κ2) is 5.86. The molecular formula is C12H16BrN. The zero-order chi connectivity index (χ0) is 10.4. The van der Waals surface area contributed by atoms with E-state index >= 15 is 0 Å². The topological polar surface area (TPSA) is 3.24 Å². The SMILES string of the molecule is CN(C)c1ccc(C=CCCBr)cc1. The third-order valence-corrected chi connectivity index (χ3v) is 2.45. The van der Waals surface area contributed by atoms with Crippen LogP contribution < -0.4 is 4.90 Å². The molecule has 0 aromatic heterocycles. The Morgan fingerprint density at radius 2 is 1.86 bits per heavy atom. The molecule has 0 spiro atoms. The largest absolute Gasteiger partial charge is 0.378 e. The van der Waals surface area contributed by atoms with Crippen molar-refractivity contribution in [1.29, 1.82) is 0 Å². The van der Waals surface area contributed by atoms with E-state index in [1.54, 1.807) is 0 Å². The molecule has 0 aliphatic heterocycles. The number of hydrogen-bond donors (Lipinski definition) is 0. The van der Waals surface area contributed by atoms with Crippen LogP contribution in [-0.4, -0.2) is 19.4 Å². The Hall–Kier alpha value is -0.760. The van der Waals surface area contributed by atoms with Gasteiger partial charge in [0.05, 0.1) is 0 Å². The summed E-state index contributed by atoms with van der Waals surface area (Å²) in [6.07, 6.45) is 5.41. The van der Waals surface area contributed by atoms with E-state index in [0.717, 1.165) is 11.8 Å². The molecule has 0 fully saturated rings.